The predicted molar refractivity (Wildman–Crippen MR) is 143 cm³/mol. The fourth-order valence-electron chi connectivity index (χ4n) is 4.25. The van der Waals surface area contributed by atoms with Crippen molar-refractivity contribution in [3.63, 3.8) is 0 Å². The second kappa shape index (κ2) is 12.9. The van der Waals surface area contributed by atoms with Crippen LogP contribution in [0.4, 0.5) is 17.2 Å². The van der Waals surface area contributed by atoms with E-state index < -0.39 is 0 Å². The molecular weight excluding hydrogens is 538 g/mol. The van der Waals surface area contributed by atoms with E-state index >= 15 is 0 Å². The molecule has 2 aromatic carbocycles. The molecular formula is C27H29N8ORb. The number of nitrogens with zero attached hydrogens (tertiary/aromatic N) is 6. The van der Waals surface area contributed by atoms with Crippen molar-refractivity contribution in [2.75, 3.05) is 36.4 Å². The standard InChI is InChI=1S/C23H21N8O.C4H8.Rb/c32-23-19-6-1-15(11-16(19)12-26-23)20-13-25-21(22-27-14-28-31(20)22)29-17-2-4-18(5-3-17)30-9-7-24-8-10-30;1-3-4-2;/h1-6,11,13-14H,7-10,12H2,(H,25,29)(H,26,32);3H,1,4H2,2H3;/q-1;;+1. The van der Waals surface area contributed by atoms with Gasteiger partial charge in [-0.1, -0.05) is 19.1 Å². The number of anilines is 3. The fourth-order valence-corrected chi connectivity index (χ4v) is 4.25. The third-order valence-electron chi connectivity index (χ3n) is 6.23. The Morgan fingerprint density at radius 1 is 1.14 bits per heavy atom. The first-order chi connectivity index (χ1) is 17.7. The number of carbonyl (C=O) groups excluding carboxylic acids is 1. The van der Waals surface area contributed by atoms with Crippen LogP contribution in [0.15, 0.2) is 67.6 Å². The van der Waals surface area contributed by atoms with Crippen molar-refractivity contribution >= 4 is 28.7 Å². The molecule has 0 radical (unpaired) electrons. The van der Waals surface area contributed by atoms with Gasteiger partial charge in [0.05, 0.1) is 11.9 Å². The first-order valence-corrected chi connectivity index (χ1v) is 12.1. The molecule has 1 amide bonds. The van der Waals surface area contributed by atoms with Gasteiger partial charge in [0.1, 0.15) is 6.33 Å². The van der Waals surface area contributed by atoms with Crippen molar-refractivity contribution in [3.05, 3.63) is 84.1 Å². The minimum atomic E-state index is -0.0311. The van der Waals surface area contributed by atoms with Gasteiger partial charge in [-0.2, -0.15) is 5.10 Å². The van der Waals surface area contributed by atoms with E-state index in [1.807, 2.05) is 36.4 Å². The maximum absolute atomic E-state index is 11.8. The van der Waals surface area contributed by atoms with Crippen LogP contribution in [0.1, 0.15) is 29.3 Å². The van der Waals surface area contributed by atoms with Crippen molar-refractivity contribution in [2.24, 2.45) is 0 Å². The Morgan fingerprint density at radius 2 is 1.89 bits per heavy atom. The summed E-state index contributed by atoms with van der Waals surface area (Å²) in [6.07, 6.45) is 6.26. The van der Waals surface area contributed by atoms with Gasteiger partial charge < -0.3 is 20.9 Å². The molecule has 2 N–H and O–H groups in total. The minimum Gasteiger partial charge on any atom is -0.659 e. The molecule has 2 aromatic heterocycles. The van der Waals surface area contributed by atoms with Gasteiger partial charge in [-0.3, -0.25) is 4.79 Å². The van der Waals surface area contributed by atoms with Gasteiger partial charge in [-0.25, -0.2) is 14.5 Å². The molecule has 0 saturated carbocycles. The molecule has 0 atom stereocenters. The Labute approximate surface area is 265 Å². The fraction of sp³-hybridized carbons (Fsp3) is 0.259. The van der Waals surface area contributed by atoms with Gasteiger partial charge in [-0.05, 0) is 61.5 Å². The minimum absolute atomic E-state index is 0. The summed E-state index contributed by atoms with van der Waals surface area (Å²) in [7, 11) is 0. The largest absolute Gasteiger partial charge is 1.00 e. The summed E-state index contributed by atoms with van der Waals surface area (Å²) in [4.78, 5) is 23.2. The number of aromatic nitrogens is 4. The average molecular weight is 567 g/mol. The number of nitrogens with one attached hydrogen (secondary N) is 2. The topological polar surface area (TPSA) is 102 Å². The van der Waals surface area contributed by atoms with E-state index in [0.717, 1.165) is 60.7 Å². The van der Waals surface area contributed by atoms with Crippen LogP contribution in [0.3, 0.4) is 0 Å². The van der Waals surface area contributed by atoms with E-state index in [1.165, 1.54) is 12.0 Å². The maximum atomic E-state index is 11.8. The van der Waals surface area contributed by atoms with E-state index in [9.17, 15) is 4.79 Å². The Morgan fingerprint density at radius 3 is 2.62 bits per heavy atom. The summed E-state index contributed by atoms with van der Waals surface area (Å²) in [6.45, 7) is 9.78. The van der Waals surface area contributed by atoms with Crippen LogP contribution in [-0.2, 0) is 6.54 Å². The Bertz CT molecular complexity index is 1380. The zero-order chi connectivity index (χ0) is 24.9. The van der Waals surface area contributed by atoms with E-state index in [-0.39, 0.29) is 64.1 Å². The van der Waals surface area contributed by atoms with Gasteiger partial charge in [-0.15, -0.1) is 19.7 Å². The second-order valence-electron chi connectivity index (χ2n) is 8.57. The predicted octanol–water partition coefficient (Wildman–Crippen LogP) is 1.56. The normalized spacial score (nSPS) is 14.2. The number of piperazine rings is 1. The summed E-state index contributed by atoms with van der Waals surface area (Å²) in [6, 6.07) is 14.1. The number of allylic oxidation sites excluding steroid dienone is 1. The molecule has 9 nitrogen and oxygen atoms in total. The Hall–Kier alpha value is -2.43. The van der Waals surface area contributed by atoms with Crippen molar-refractivity contribution in [1.82, 2.24) is 24.9 Å². The monoisotopic (exact) mass is 566 g/mol. The molecule has 4 heterocycles. The molecule has 0 unspecified atom stereocenters. The van der Waals surface area contributed by atoms with E-state index in [1.54, 1.807) is 10.7 Å². The number of benzene rings is 2. The molecule has 184 valence electrons. The van der Waals surface area contributed by atoms with Crippen molar-refractivity contribution in [2.45, 2.75) is 19.9 Å². The molecule has 2 aliphatic heterocycles. The Balaban J connectivity index is 0.000000599. The molecule has 0 bridgehead atoms. The number of rotatable bonds is 5. The Kier molecular flexibility index (Phi) is 9.61. The van der Waals surface area contributed by atoms with Gasteiger partial charge in [0.15, 0.2) is 11.5 Å². The second-order valence-corrected chi connectivity index (χ2v) is 8.57. The molecule has 6 rings (SSSR count). The SMILES string of the molecule is C=CCC.O=C1NCc2cc(-c3cnc(Nc4ccc(N5CC[N-]CC5)cc4)c4ncnn34)ccc21.[Rb+]. The van der Waals surface area contributed by atoms with Crippen LogP contribution in [0, 0.1) is 0 Å². The maximum Gasteiger partial charge on any atom is 1.00 e. The van der Waals surface area contributed by atoms with Crippen LogP contribution >= 0.6 is 0 Å². The quantitative estimate of drug-likeness (QED) is 0.356. The number of hydrogen-bond acceptors (Lipinski definition) is 6. The van der Waals surface area contributed by atoms with Crippen LogP contribution in [0.2, 0.25) is 0 Å². The third-order valence-corrected chi connectivity index (χ3v) is 6.23. The van der Waals surface area contributed by atoms with Crippen molar-refractivity contribution in [1.29, 1.82) is 0 Å². The molecule has 0 aliphatic carbocycles. The van der Waals surface area contributed by atoms with Crippen LogP contribution in [-0.4, -0.2) is 51.7 Å². The number of amides is 1. The zero-order valence-electron chi connectivity index (χ0n) is 21.3. The molecule has 2 aliphatic rings. The molecule has 0 spiro atoms. The number of fused-ring (bicyclic) bond motifs is 2. The smallest absolute Gasteiger partial charge is 0.659 e. The van der Waals surface area contributed by atoms with Crippen LogP contribution < -0.4 is 73.7 Å². The summed E-state index contributed by atoms with van der Waals surface area (Å²) in [5, 5.41) is 15.0. The van der Waals surface area contributed by atoms with Gasteiger partial charge in [0.25, 0.3) is 5.91 Å². The summed E-state index contributed by atoms with van der Waals surface area (Å²) < 4.78 is 1.77. The number of carbonyl (C=O) groups is 1. The molecule has 37 heavy (non-hydrogen) atoms. The van der Waals surface area contributed by atoms with E-state index in [2.05, 4.69) is 61.6 Å². The summed E-state index contributed by atoms with van der Waals surface area (Å²) in [5.41, 5.74) is 6.22. The van der Waals surface area contributed by atoms with E-state index in [0.29, 0.717) is 18.0 Å². The number of hydrogen-bond donors (Lipinski definition) is 2. The first-order valence-electron chi connectivity index (χ1n) is 12.1. The summed E-state index contributed by atoms with van der Waals surface area (Å²) in [5.74, 6) is 0.602. The van der Waals surface area contributed by atoms with Crippen LogP contribution in [0.5, 0.6) is 0 Å². The van der Waals surface area contributed by atoms with Gasteiger partial charge >= 0.3 is 58.2 Å². The third kappa shape index (κ3) is 6.18. The van der Waals surface area contributed by atoms with Crippen molar-refractivity contribution < 1.29 is 63.0 Å². The molecule has 1 saturated heterocycles. The van der Waals surface area contributed by atoms with Gasteiger partial charge in [0.2, 0.25) is 0 Å². The first kappa shape index (κ1) is 27.6. The summed E-state index contributed by atoms with van der Waals surface area (Å²) >= 11 is 0. The molecule has 4 aromatic rings. The molecule has 1 fully saturated rings. The van der Waals surface area contributed by atoms with Crippen LogP contribution in [0.25, 0.3) is 22.2 Å². The molecule has 10 heteroatoms. The van der Waals surface area contributed by atoms with Gasteiger partial charge in [0, 0.05) is 29.0 Å². The average Bonchev–Trinajstić information content (AvgIpc) is 3.57. The zero-order valence-corrected chi connectivity index (χ0v) is 26.2. The van der Waals surface area contributed by atoms with E-state index in [4.69, 9.17) is 0 Å². The van der Waals surface area contributed by atoms with Crippen molar-refractivity contribution in [3.8, 4) is 11.3 Å².